The van der Waals surface area contributed by atoms with Crippen LogP contribution in [0.15, 0.2) is 36.5 Å². The van der Waals surface area contributed by atoms with E-state index >= 15 is 0 Å². The van der Waals surface area contributed by atoms with Gasteiger partial charge in [0.15, 0.2) is 0 Å². The number of rotatable bonds is 2. The first-order valence-electron chi connectivity index (χ1n) is 6.45. The Bertz CT molecular complexity index is 793. The van der Waals surface area contributed by atoms with Crippen molar-refractivity contribution in [2.75, 3.05) is 0 Å². The van der Waals surface area contributed by atoms with E-state index in [0.29, 0.717) is 5.02 Å². The van der Waals surface area contributed by atoms with Crippen LogP contribution in [0.5, 0.6) is 0 Å². The van der Waals surface area contributed by atoms with Gasteiger partial charge in [0, 0.05) is 22.5 Å². The van der Waals surface area contributed by atoms with Crippen LogP contribution >= 0.6 is 11.6 Å². The summed E-state index contributed by atoms with van der Waals surface area (Å²) in [6.45, 7) is 4.01. The zero-order valence-electron chi connectivity index (χ0n) is 11.4. The number of aromatic nitrogens is 2. The Labute approximate surface area is 122 Å². The fourth-order valence-electron chi connectivity index (χ4n) is 2.38. The van der Waals surface area contributed by atoms with Crippen LogP contribution in [0.3, 0.4) is 0 Å². The highest BCUT2D eigenvalue weighted by atomic mass is 35.5. The average molecular weight is 287 g/mol. The molecule has 3 nitrogen and oxygen atoms in total. The summed E-state index contributed by atoms with van der Waals surface area (Å²) in [5.41, 5.74) is 5.80. The van der Waals surface area contributed by atoms with E-state index in [1.165, 1.54) is 0 Å². The first-order valence-corrected chi connectivity index (χ1v) is 6.83. The number of aliphatic hydroxyl groups excluding tert-OH is 1. The maximum atomic E-state index is 9.46. The molecule has 0 atom stereocenters. The number of hydrogen-bond donors (Lipinski definition) is 1. The molecule has 4 heteroatoms. The Morgan fingerprint density at radius 1 is 1.25 bits per heavy atom. The second-order valence-electron chi connectivity index (χ2n) is 4.91. The van der Waals surface area contributed by atoms with E-state index < -0.39 is 0 Å². The quantitative estimate of drug-likeness (QED) is 0.779. The second kappa shape index (κ2) is 4.93. The minimum absolute atomic E-state index is 0.000172. The number of hydrogen-bond acceptors (Lipinski definition) is 2. The lowest BCUT2D eigenvalue weighted by Crippen LogP contribution is -1.95. The zero-order chi connectivity index (χ0) is 14.3. The van der Waals surface area contributed by atoms with E-state index in [1.54, 1.807) is 0 Å². The van der Waals surface area contributed by atoms with Crippen molar-refractivity contribution in [1.82, 2.24) is 9.38 Å². The fraction of sp³-hybridized carbons (Fsp3) is 0.188. The topological polar surface area (TPSA) is 37.5 Å². The smallest absolute Gasteiger partial charge is 0.145 e. The first kappa shape index (κ1) is 13.2. The molecule has 0 aliphatic carbocycles. The van der Waals surface area contributed by atoms with Crippen molar-refractivity contribution in [1.29, 1.82) is 0 Å². The molecule has 0 unspecified atom stereocenters. The van der Waals surface area contributed by atoms with Crippen molar-refractivity contribution in [3.05, 3.63) is 58.5 Å². The Morgan fingerprint density at radius 2 is 2.05 bits per heavy atom. The Balaban J connectivity index is 2.36. The standard InChI is InChI=1S/C16H15ClN2O/c1-10-11(2)19-8-12(9-20)6-15(16(19)18-10)13-4-3-5-14(17)7-13/h3-8,20H,9H2,1-2H3. The summed E-state index contributed by atoms with van der Waals surface area (Å²) in [5, 5.41) is 10.2. The number of aryl methyl sites for hydroxylation is 2. The van der Waals surface area contributed by atoms with Crippen LogP contribution in [0.2, 0.25) is 5.02 Å². The monoisotopic (exact) mass is 286 g/mol. The molecular weight excluding hydrogens is 272 g/mol. The predicted molar refractivity (Wildman–Crippen MR) is 81.0 cm³/mol. The first-order chi connectivity index (χ1) is 9.60. The van der Waals surface area contributed by atoms with Gasteiger partial charge in [-0.3, -0.25) is 0 Å². The maximum absolute atomic E-state index is 9.46. The van der Waals surface area contributed by atoms with Gasteiger partial charge in [0.25, 0.3) is 0 Å². The molecule has 0 saturated heterocycles. The molecule has 0 saturated carbocycles. The van der Waals surface area contributed by atoms with Gasteiger partial charge in [-0.2, -0.15) is 0 Å². The molecule has 20 heavy (non-hydrogen) atoms. The highest BCUT2D eigenvalue weighted by Crippen LogP contribution is 2.29. The molecule has 0 spiro atoms. The summed E-state index contributed by atoms with van der Waals surface area (Å²) in [6, 6.07) is 9.65. The SMILES string of the molecule is Cc1nc2c(-c3cccc(Cl)c3)cc(CO)cn2c1C. The minimum Gasteiger partial charge on any atom is -0.392 e. The van der Waals surface area contributed by atoms with Crippen LogP contribution in [0.25, 0.3) is 16.8 Å². The molecule has 0 aliphatic rings. The van der Waals surface area contributed by atoms with E-state index in [0.717, 1.165) is 33.7 Å². The van der Waals surface area contributed by atoms with E-state index in [9.17, 15) is 5.11 Å². The number of halogens is 1. The van der Waals surface area contributed by atoms with Gasteiger partial charge < -0.3 is 9.51 Å². The van der Waals surface area contributed by atoms with Gasteiger partial charge in [0.1, 0.15) is 5.65 Å². The highest BCUT2D eigenvalue weighted by Gasteiger charge is 2.12. The average Bonchev–Trinajstić information content (AvgIpc) is 2.73. The van der Waals surface area contributed by atoms with E-state index in [2.05, 4.69) is 4.98 Å². The number of benzene rings is 1. The van der Waals surface area contributed by atoms with Gasteiger partial charge in [0.05, 0.1) is 12.3 Å². The summed E-state index contributed by atoms with van der Waals surface area (Å²) in [4.78, 5) is 4.63. The van der Waals surface area contributed by atoms with Crippen molar-refractivity contribution in [2.45, 2.75) is 20.5 Å². The maximum Gasteiger partial charge on any atom is 0.145 e. The van der Waals surface area contributed by atoms with E-state index in [4.69, 9.17) is 11.6 Å². The van der Waals surface area contributed by atoms with Gasteiger partial charge >= 0.3 is 0 Å². The van der Waals surface area contributed by atoms with Crippen LogP contribution < -0.4 is 0 Å². The molecule has 0 fully saturated rings. The molecule has 102 valence electrons. The summed E-state index contributed by atoms with van der Waals surface area (Å²) < 4.78 is 2.02. The van der Waals surface area contributed by atoms with Crippen LogP contribution in [0, 0.1) is 13.8 Å². The number of fused-ring (bicyclic) bond motifs is 1. The Hall–Kier alpha value is -1.84. The van der Waals surface area contributed by atoms with Crippen LogP contribution in [-0.4, -0.2) is 14.5 Å². The van der Waals surface area contributed by atoms with Gasteiger partial charge in [-0.15, -0.1) is 0 Å². The van der Waals surface area contributed by atoms with E-state index in [1.807, 2.05) is 54.8 Å². The minimum atomic E-state index is 0.000172. The third kappa shape index (κ3) is 2.09. The highest BCUT2D eigenvalue weighted by molar-refractivity contribution is 6.30. The Morgan fingerprint density at radius 3 is 2.75 bits per heavy atom. The molecule has 3 rings (SSSR count). The summed E-state index contributed by atoms with van der Waals surface area (Å²) in [6.07, 6.45) is 1.93. The van der Waals surface area contributed by atoms with E-state index in [-0.39, 0.29) is 6.61 Å². The van der Waals surface area contributed by atoms with Gasteiger partial charge in [-0.1, -0.05) is 23.7 Å². The molecule has 0 bridgehead atoms. The van der Waals surface area contributed by atoms with Crippen molar-refractivity contribution in [3.8, 4) is 11.1 Å². The Kier molecular flexibility index (Phi) is 3.24. The molecule has 1 N–H and O–H groups in total. The second-order valence-corrected chi connectivity index (χ2v) is 5.34. The van der Waals surface area contributed by atoms with Crippen molar-refractivity contribution in [3.63, 3.8) is 0 Å². The molecular formula is C16H15ClN2O. The molecule has 1 aromatic carbocycles. The van der Waals surface area contributed by atoms with Crippen LogP contribution in [0.1, 0.15) is 17.0 Å². The normalized spacial score (nSPS) is 11.2. The molecule has 3 aromatic rings. The third-order valence-electron chi connectivity index (χ3n) is 3.57. The molecule has 0 aliphatic heterocycles. The molecule has 2 aromatic heterocycles. The fourth-order valence-corrected chi connectivity index (χ4v) is 2.57. The zero-order valence-corrected chi connectivity index (χ0v) is 12.1. The molecule has 2 heterocycles. The predicted octanol–water partition coefficient (Wildman–Crippen LogP) is 3.76. The number of imidazole rings is 1. The van der Waals surface area contributed by atoms with Crippen LogP contribution in [0.4, 0.5) is 0 Å². The lowest BCUT2D eigenvalue weighted by atomic mass is 10.1. The number of nitrogens with zero attached hydrogens (tertiary/aromatic N) is 2. The summed E-state index contributed by atoms with van der Waals surface area (Å²) >= 11 is 6.08. The third-order valence-corrected chi connectivity index (χ3v) is 3.81. The number of aliphatic hydroxyl groups is 1. The molecule has 0 radical (unpaired) electrons. The lowest BCUT2D eigenvalue weighted by molar-refractivity contribution is 0.281. The van der Waals surface area contributed by atoms with Crippen LogP contribution in [-0.2, 0) is 6.61 Å². The van der Waals surface area contributed by atoms with Crippen molar-refractivity contribution in [2.24, 2.45) is 0 Å². The number of pyridine rings is 1. The largest absolute Gasteiger partial charge is 0.392 e. The summed E-state index contributed by atoms with van der Waals surface area (Å²) in [7, 11) is 0. The van der Waals surface area contributed by atoms with Crippen molar-refractivity contribution < 1.29 is 5.11 Å². The van der Waals surface area contributed by atoms with Gasteiger partial charge in [0.2, 0.25) is 0 Å². The molecule has 0 amide bonds. The van der Waals surface area contributed by atoms with Crippen molar-refractivity contribution >= 4 is 17.2 Å². The van der Waals surface area contributed by atoms with Gasteiger partial charge in [-0.05, 0) is 43.2 Å². The van der Waals surface area contributed by atoms with Gasteiger partial charge in [-0.25, -0.2) is 4.98 Å². The summed E-state index contributed by atoms with van der Waals surface area (Å²) in [5.74, 6) is 0. The lowest BCUT2D eigenvalue weighted by Gasteiger charge is -2.08.